The van der Waals surface area contributed by atoms with Crippen LogP contribution in [0, 0.1) is 6.92 Å². The predicted octanol–water partition coefficient (Wildman–Crippen LogP) is 4.84. The summed E-state index contributed by atoms with van der Waals surface area (Å²) in [5, 5.41) is 4.27. The number of carbonyl (C=O) groups is 1. The molecular formula is C24H27ClN4O3. The van der Waals surface area contributed by atoms with Gasteiger partial charge in [-0.1, -0.05) is 18.2 Å². The zero-order valence-electron chi connectivity index (χ0n) is 18.8. The Morgan fingerprint density at radius 2 is 2.06 bits per heavy atom. The van der Waals surface area contributed by atoms with Gasteiger partial charge in [0, 0.05) is 37.3 Å². The number of pyridine rings is 1. The second-order valence-corrected chi connectivity index (χ2v) is 8.10. The molecule has 2 aromatic heterocycles. The van der Waals surface area contributed by atoms with Crippen molar-refractivity contribution >= 4 is 47.0 Å². The molecule has 1 amide bonds. The molecule has 0 spiro atoms. The minimum Gasteiger partial charge on any atom is -0.476 e. The van der Waals surface area contributed by atoms with Crippen LogP contribution in [0.1, 0.15) is 30.7 Å². The Bertz CT molecular complexity index is 1210. The number of fused-ring (bicyclic) bond motifs is 2. The third kappa shape index (κ3) is 4.48. The van der Waals surface area contributed by atoms with Crippen LogP contribution in [0.15, 0.2) is 52.0 Å². The maximum Gasteiger partial charge on any atom is 0.246 e. The molecule has 8 heteroatoms. The average Bonchev–Trinajstić information content (AvgIpc) is 3.06. The fourth-order valence-electron chi connectivity index (χ4n) is 3.60. The zero-order valence-corrected chi connectivity index (χ0v) is 19.6. The second-order valence-electron chi connectivity index (χ2n) is 8.10. The molecule has 0 atom stereocenters. The molecule has 0 fully saturated rings. The zero-order chi connectivity index (χ0) is 22.2. The van der Waals surface area contributed by atoms with Crippen molar-refractivity contribution in [2.75, 3.05) is 19.4 Å². The third-order valence-corrected chi connectivity index (χ3v) is 5.39. The van der Waals surface area contributed by atoms with E-state index in [0.717, 1.165) is 27.9 Å². The Hall–Kier alpha value is -3.32. The molecular weight excluding hydrogens is 428 g/mol. The number of aliphatic imine (C=N–C) groups is 1. The Balaban J connectivity index is 0.00000289. The van der Waals surface area contributed by atoms with Gasteiger partial charge in [-0.05, 0) is 44.5 Å². The number of aryl methyl sites for hydroxylation is 1. The summed E-state index contributed by atoms with van der Waals surface area (Å²) in [5.74, 6) is 2.61. The quantitative estimate of drug-likeness (QED) is 0.570. The molecule has 0 bridgehead atoms. The molecule has 168 valence electrons. The van der Waals surface area contributed by atoms with Gasteiger partial charge in [0.2, 0.25) is 5.91 Å². The fourth-order valence-corrected chi connectivity index (χ4v) is 3.60. The van der Waals surface area contributed by atoms with Crippen LogP contribution in [0.2, 0.25) is 0 Å². The highest BCUT2D eigenvalue weighted by atomic mass is 35.5. The number of hydrogen-bond acceptors (Lipinski definition) is 5. The van der Waals surface area contributed by atoms with E-state index in [0.29, 0.717) is 23.9 Å². The highest BCUT2D eigenvalue weighted by Gasteiger charge is 2.33. The summed E-state index contributed by atoms with van der Waals surface area (Å²) in [5.41, 5.74) is 2.08. The first-order chi connectivity index (χ1) is 14.8. The molecule has 3 aromatic rings. The number of nitrogens with zero attached hydrogens (tertiary/aromatic N) is 3. The molecule has 4 rings (SSSR count). The number of furan rings is 1. The molecule has 32 heavy (non-hydrogen) atoms. The molecule has 3 heterocycles. The lowest BCUT2D eigenvalue weighted by Crippen LogP contribution is -2.46. The van der Waals surface area contributed by atoms with Gasteiger partial charge in [0.05, 0.1) is 6.54 Å². The summed E-state index contributed by atoms with van der Waals surface area (Å²) in [6, 6.07) is 9.74. The first-order valence-electron chi connectivity index (χ1n) is 10.1. The number of halogens is 1. The Labute approximate surface area is 193 Å². The smallest absolute Gasteiger partial charge is 0.246 e. The maximum atomic E-state index is 12.6. The van der Waals surface area contributed by atoms with Gasteiger partial charge in [0.15, 0.2) is 17.2 Å². The first kappa shape index (κ1) is 23.3. The lowest BCUT2D eigenvalue weighted by molar-refractivity contribution is -0.125. The van der Waals surface area contributed by atoms with Crippen LogP contribution >= 0.6 is 12.4 Å². The number of anilines is 1. The van der Waals surface area contributed by atoms with Gasteiger partial charge >= 0.3 is 0 Å². The van der Waals surface area contributed by atoms with Crippen LogP contribution in [-0.2, 0) is 11.3 Å². The summed E-state index contributed by atoms with van der Waals surface area (Å²) < 4.78 is 12.0. The fraction of sp³-hybridized carbons (Fsp3) is 0.292. The van der Waals surface area contributed by atoms with Gasteiger partial charge in [-0.2, -0.15) is 0 Å². The number of amidine groups is 1. The van der Waals surface area contributed by atoms with E-state index in [9.17, 15) is 4.79 Å². The number of hydrogen-bond donors (Lipinski definition) is 1. The van der Waals surface area contributed by atoms with Gasteiger partial charge in [0.1, 0.15) is 17.2 Å². The molecule has 0 saturated carbocycles. The molecule has 0 radical (unpaired) electrons. The Morgan fingerprint density at radius 3 is 2.78 bits per heavy atom. The lowest BCUT2D eigenvalue weighted by atomic mass is 10.1. The molecule has 7 nitrogen and oxygen atoms in total. The van der Waals surface area contributed by atoms with Crippen molar-refractivity contribution in [3.63, 3.8) is 0 Å². The van der Waals surface area contributed by atoms with Crippen LogP contribution in [0.5, 0.6) is 5.75 Å². The molecule has 1 N–H and O–H groups in total. The van der Waals surface area contributed by atoms with Crippen molar-refractivity contribution in [3.8, 4) is 5.75 Å². The number of benzene rings is 1. The number of para-hydroxylation sites is 1. The SMILES string of the molecule is C/N=C1/Nc2ncc(/C=C/C(=O)N(C)Cc3oc4ccccc4c3C)cc2OC1(C)C.Cl. The second kappa shape index (κ2) is 9.04. The van der Waals surface area contributed by atoms with Crippen molar-refractivity contribution < 1.29 is 13.9 Å². The topological polar surface area (TPSA) is 80.0 Å². The first-order valence-corrected chi connectivity index (χ1v) is 10.1. The van der Waals surface area contributed by atoms with Crippen LogP contribution < -0.4 is 10.1 Å². The Kier molecular flexibility index (Phi) is 6.60. The van der Waals surface area contributed by atoms with E-state index >= 15 is 0 Å². The van der Waals surface area contributed by atoms with E-state index in [2.05, 4.69) is 15.3 Å². The van der Waals surface area contributed by atoms with E-state index in [1.807, 2.05) is 51.1 Å². The van der Waals surface area contributed by atoms with Crippen molar-refractivity contribution in [3.05, 3.63) is 59.5 Å². The van der Waals surface area contributed by atoms with Gasteiger partial charge in [0.25, 0.3) is 0 Å². The van der Waals surface area contributed by atoms with Crippen LogP contribution in [0.3, 0.4) is 0 Å². The normalized spacial score (nSPS) is 15.7. The van der Waals surface area contributed by atoms with Gasteiger partial charge in [-0.3, -0.25) is 9.79 Å². The highest BCUT2D eigenvalue weighted by molar-refractivity contribution is 6.03. The van der Waals surface area contributed by atoms with Crippen LogP contribution in [-0.4, -0.2) is 41.3 Å². The van der Waals surface area contributed by atoms with Crippen molar-refractivity contribution in [1.82, 2.24) is 9.88 Å². The highest BCUT2D eigenvalue weighted by Crippen LogP contribution is 2.33. The predicted molar refractivity (Wildman–Crippen MR) is 130 cm³/mol. The van der Waals surface area contributed by atoms with E-state index in [1.165, 1.54) is 6.08 Å². The maximum absolute atomic E-state index is 12.6. The molecule has 1 aromatic carbocycles. The number of amides is 1. The van der Waals surface area contributed by atoms with Gasteiger partial charge in [-0.25, -0.2) is 4.98 Å². The number of ether oxygens (including phenoxy) is 1. The summed E-state index contributed by atoms with van der Waals surface area (Å²) in [6.45, 7) is 6.28. The van der Waals surface area contributed by atoms with Crippen molar-refractivity contribution in [2.45, 2.75) is 32.9 Å². The summed E-state index contributed by atoms with van der Waals surface area (Å²) in [7, 11) is 3.47. The van der Waals surface area contributed by atoms with Crippen LogP contribution in [0.25, 0.3) is 17.0 Å². The number of nitrogens with one attached hydrogen (secondary N) is 1. The standard InChI is InChI=1S/C24H26N4O3.ClH/c1-15-17-8-6-7-9-18(17)30-20(15)14-28(5)21(29)11-10-16-12-19-22(26-13-16)27-23(25-4)24(2,3)31-19;/h6-13H,14H2,1-5H3,(H,25,26,27);1H/b11-10+;. The van der Waals surface area contributed by atoms with Crippen molar-refractivity contribution in [2.24, 2.45) is 4.99 Å². The van der Waals surface area contributed by atoms with E-state index in [1.54, 1.807) is 31.3 Å². The number of likely N-dealkylation sites (N-methyl/N-ethyl adjacent to an activating group) is 1. The summed E-state index contributed by atoms with van der Waals surface area (Å²) in [4.78, 5) is 22.9. The molecule has 0 unspecified atom stereocenters. The van der Waals surface area contributed by atoms with Crippen molar-refractivity contribution in [1.29, 1.82) is 0 Å². The minimum absolute atomic E-state index is 0. The number of aromatic nitrogens is 1. The molecule has 0 saturated heterocycles. The average molecular weight is 455 g/mol. The molecule has 1 aliphatic rings. The van der Waals surface area contributed by atoms with E-state index in [-0.39, 0.29) is 18.3 Å². The monoisotopic (exact) mass is 454 g/mol. The largest absolute Gasteiger partial charge is 0.476 e. The Morgan fingerprint density at radius 1 is 1.31 bits per heavy atom. The molecule has 0 aliphatic carbocycles. The van der Waals surface area contributed by atoms with E-state index < -0.39 is 5.60 Å². The van der Waals surface area contributed by atoms with Gasteiger partial charge < -0.3 is 19.4 Å². The molecule has 1 aliphatic heterocycles. The minimum atomic E-state index is -0.577. The summed E-state index contributed by atoms with van der Waals surface area (Å²) in [6.07, 6.45) is 4.95. The number of rotatable bonds is 4. The third-order valence-electron chi connectivity index (χ3n) is 5.39. The lowest BCUT2D eigenvalue weighted by Gasteiger charge is -2.33. The van der Waals surface area contributed by atoms with E-state index in [4.69, 9.17) is 9.15 Å². The number of carbonyl (C=O) groups excluding carboxylic acids is 1. The summed E-state index contributed by atoms with van der Waals surface area (Å²) >= 11 is 0. The van der Waals surface area contributed by atoms with Gasteiger partial charge in [-0.15, -0.1) is 12.4 Å². The van der Waals surface area contributed by atoms with Crippen LogP contribution in [0.4, 0.5) is 5.82 Å².